The van der Waals surface area contributed by atoms with Crippen molar-refractivity contribution in [3.05, 3.63) is 69.2 Å². The second-order valence-electron chi connectivity index (χ2n) is 5.53. The van der Waals surface area contributed by atoms with Crippen LogP contribution in [0.3, 0.4) is 0 Å². The van der Waals surface area contributed by atoms with E-state index in [9.17, 15) is 4.79 Å². The van der Waals surface area contributed by atoms with Crippen molar-refractivity contribution in [2.45, 2.75) is 12.7 Å². The zero-order valence-electron chi connectivity index (χ0n) is 13.1. The van der Waals surface area contributed by atoms with Gasteiger partial charge in [0.15, 0.2) is 5.17 Å². The Morgan fingerprint density at radius 1 is 1.21 bits per heavy atom. The van der Waals surface area contributed by atoms with Crippen LogP contribution in [0.25, 0.3) is 0 Å². The Morgan fingerprint density at radius 3 is 2.79 bits per heavy atom. The Labute approximate surface area is 155 Å². The lowest BCUT2D eigenvalue weighted by Crippen LogP contribution is -2.32. The van der Waals surface area contributed by atoms with Crippen molar-refractivity contribution in [3.63, 3.8) is 0 Å². The number of aliphatic imine (C=N–C) groups is 1. The predicted octanol–water partition coefficient (Wildman–Crippen LogP) is 5.05. The molecule has 0 saturated carbocycles. The fourth-order valence-corrected chi connectivity index (χ4v) is 3.76. The summed E-state index contributed by atoms with van der Waals surface area (Å²) in [5.74, 6) is 0.685. The number of aryl methyl sites for hydroxylation is 1. The molecule has 24 heavy (non-hydrogen) atoms. The standard InChI is InChI=1S/C18H16Cl2N2OS/c1-12-3-2-4-14(9-12)17(23)22-8-7-21-18(22)24-11-13-5-6-15(19)16(20)10-13/h2-6,9-10H,7-8,11H2,1H3. The van der Waals surface area contributed by atoms with Gasteiger partial charge in [-0.2, -0.15) is 0 Å². The summed E-state index contributed by atoms with van der Waals surface area (Å²) in [7, 11) is 0. The van der Waals surface area contributed by atoms with Gasteiger partial charge >= 0.3 is 0 Å². The van der Waals surface area contributed by atoms with Crippen molar-refractivity contribution in [2.24, 2.45) is 4.99 Å². The van der Waals surface area contributed by atoms with Gasteiger partial charge in [-0.1, -0.05) is 58.7 Å². The summed E-state index contributed by atoms with van der Waals surface area (Å²) in [5, 5.41) is 1.84. The number of benzene rings is 2. The molecule has 1 amide bonds. The summed E-state index contributed by atoms with van der Waals surface area (Å²) in [6.45, 7) is 3.24. The largest absolute Gasteiger partial charge is 0.286 e. The average Bonchev–Trinajstić information content (AvgIpc) is 3.04. The van der Waals surface area contributed by atoms with Crippen LogP contribution in [0.15, 0.2) is 47.5 Å². The van der Waals surface area contributed by atoms with Gasteiger partial charge in [0.05, 0.1) is 16.6 Å². The molecule has 2 aromatic carbocycles. The number of amides is 1. The van der Waals surface area contributed by atoms with E-state index in [-0.39, 0.29) is 5.91 Å². The molecule has 0 spiro atoms. The number of hydrogen-bond donors (Lipinski definition) is 0. The van der Waals surface area contributed by atoms with E-state index in [2.05, 4.69) is 4.99 Å². The number of carbonyl (C=O) groups excluding carboxylic acids is 1. The molecule has 0 radical (unpaired) electrons. The van der Waals surface area contributed by atoms with Crippen LogP contribution in [0.2, 0.25) is 10.0 Å². The van der Waals surface area contributed by atoms with Crippen molar-refractivity contribution >= 4 is 46.0 Å². The summed E-state index contributed by atoms with van der Waals surface area (Å²) >= 11 is 13.5. The molecule has 0 unspecified atom stereocenters. The Kier molecular flexibility index (Phi) is 5.49. The zero-order valence-corrected chi connectivity index (χ0v) is 15.5. The molecule has 0 N–H and O–H groups in total. The van der Waals surface area contributed by atoms with Crippen LogP contribution in [0.4, 0.5) is 0 Å². The van der Waals surface area contributed by atoms with Gasteiger partial charge in [-0.25, -0.2) is 0 Å². The lowest BCUT2D eigenvalue weighted by Gasteiger charge is -2.18. The molecule has 0 aliphatic carbocycles. The van der Waals surface area contributed by atoms with Crippen LogP contribution in [0.1, 0.15) is 21.5 Å². The summed E-state index contributed by atoms with van der Waals surface area (Å²) in [4.78, 5) is 18.9. The van der Waals surface area contributed by atoms with Crippen LogP contribution in [-0.4, -0.2) is 29.1 Å². The van der Waals surface area contributed by atoms with E-state index in [0.29, 0.717) is 34.5 Å². The third-order valence-electron chi connectivity index (χ3n) is 3.66. The van der Waals surface area contributed by atoms with Crippen LogP contribution >= 0.6 is 35.0 Å². The van der Waals surface area contributed by atoms with Crippen LogP contribution in [0.5, 0.6) is 0 Å². The monoisotopic (exact) mass is 378 g/mol. The van der Waals surface area contributed by atoms with Crippen LogP contribution < -0.4 is 0 Å². The van der Waals surface area contributed by atoms with Crippen LogP contribution in [0, 0.1) is 6.92 Å². The summed E-state index contributed by atoms with van der Waals surface area (Å²) < 4.78 is 0. The summed E-state index contributed by atoms with van der Waals surface area (Å²) in [6.07, 6.45) is 0. The zero-order chi connectivity index (χ0) is 17.1. The molecule has 1 heterocycles. The van der Waals surface area contributed by atoms with E-state index < -0.39 is 0 Å². The molecule has 6 heteroatoms. The van der Waals surface area contributed by atoms with Gasteiger partial charge in [0.1, 0.15) is 0 Å². The lowest BCUT2D eigenvalue weighted by atomic mass is 10.1. The van der Waals surface area contributed by atoms with Gasteiger partial charge in [-0.15, -0.1) is 0 Å². The van der Waals surface area contributed by atoms with Crippen molar-refractivity contribution in [2.75, 3.05) is 13.1 Å². The van der Waals surface area contributed by atoms with Crippen molar-refractivity contribution in [1.29, 1.82) is 0 Å². The molecule has 124 valence electrons. The Bertz CT molecular complexity index is 807. The van der Waals surface area contributed by atoms with Gasteiger partial charge in [0.2, 0.25) is 0 Å². The molecular weight excluding hydrogens is 363 g/mol. The Morgan fingerprint density at radius 2 is 2.04 bits per heavy atom. The second kappa shape index (κ2) is 7.60. The normalized spacial score (nSPS) is 14.0. The summed E-state index contributed by atoms with van der Waals surface area (Å²) in [5.41, 5.74) is 2.81. The first-order valence-corrected chi connectivity index (χ1v) is 9.28. The highest BCUT2D eigenvalue weighted by molar-refractivity contribution is 8.13. The number of thioether (sulfide) groups is 1. The number of halogens is 2. The fourth-order valence-electron chi connectivity index (χ4n) is 2.45. The topological polar surface area (TPSA) is 32.7 Å². The number of hydrogen-bond acceptors (Lipinski definition) is 3. The number of carbonyl (C=O) groups is 1. The highest BCUT2D eigenvalue weighted by Crippen LogP contribution is 2.26. The molecule has 0 bridgehead atoms. The van der Waals surface area contributed by atoms with Gasteiger partial charge in [0.25, 0.3) is 5.91 Å². The van der Waals surface area contributed by atoms with E-state index >= 15 is 0 Å². The fraction of sp³-hybridized carbons (Fsp3) is 0.222. The lowest BCUT2D eigenvalue weighted by molar-refractivity contribution is 0.0860. The average molecular weight is 379 g/mol. The quantitative estimate of drug-likeness (QED) is 0.748. The number of amidine groups is 1. The summed E-state index contributed by atoms with van der Waals surface area (Å²) in [6, 6.07) is 13.2. The number of rotatable bonds is 3. The highest BCUT2D eigenvalue weighted by atomic mass is 35.5. The molecule has 1 aliphatic heterocycles. The minimum Gasteiger partial charge on any atom is -0.286 e. The molecule has 3 nitrogen and oxygen atoms in total. The van der Waals surface area contributed by atoms with E-state index in [1.54, 1.807) is 22.7 Å². The predicted molar refractivity (Wildman–Crippen MR) is 102 cm³/mol. The maximum absolute atomic E-state index is 12.7. The van der Waals surface area contributed by atoms with Gasteiger partial charge in [-0.3, -0.25) is 14.7 Å². The van der Waals surface area contributed by atoms with Crippen molar-refractivity contribution < 1.29 is 4.79 Å². The molecule has 1 aliphatic rings. The van der Waals surface area contributed by atoms with E-state index in [0.717, 1.165) is 16.3 Å². The highest BCUT2D eigenvalue weighted by Gasteiger charge is 2.25. The minimum absolute atomic E-state index is 0.00316. The van der Waals surface area contributed by atoms with E-state index in [1.165, 1.54) is 0 Å². The van der Waals surface area contributed by atoms with Gasteiger partial charge in [0, 0.05) is 17.9 Å². The SMILES string of the molecule is Cc1cccc(C(=O)N2CCN=C2SCc2ccc(Cl)c(Cl)c2)c1. The first kappa shape index (κ1) is 17.3. The first-order valence-electron chi connectivity index (χ1n) is 7.54. The molecule has 0 saturated heterocycles. The van der Waals surface area contributed by atoms with Gasteiger partial charge < -0.3 is 0 Å². The maximum atomic E-state index is 12.7. The Balaban J connectivity index is 1.69. The molecular formula is C18H16Cl2N2OS. The Hall–Kier alpha value is -1.49. The first-order chi connectivity index (χ1) is 11.5. The van der Waals surface area contributed by atoms with Crippen molar-refractivity contribution in [3.8, 4) is 0 Å². The van der Waals surface area contributed by atoms with E-state index in [1.807, 2.05) is 43.3 Å². The molecule has 0 atom stereocenters. The molecule has 0 aromatic heterocycles. The van der Waals surface area contributed by atoms with E-state index in [4.69, 9.17) is 23.2 Å². The third kappa shape index (κ3) is 3.94. The van der Waals surface area contributed by atoms with Crippen LogP contribution in [-0.2, 0) is 5.75 Å². The van der Waals surface area contributed by atoms with Gasteiger partial charge in [-0.05, 0) is 36.8 Å². The second-order valence-corrected chi connectivity index (χ2v) is 7.28. The molecule has 0 fully saturated rings. The molecule has 2 aromatic rings. The van der Waals surface area contributed by atoms with Crippen molar-refractivity contribution in [1.82, 2.24) is 4.90 Å². The maximum Gasteiger partial charge on any atom is 0.259 e. The number of nitrogens with zero attached hydrogens (tertiary/aromatic N) is 2. The third-order valence-corrected chi connectivity index (χ3v) is 5.49. The molecule has 3 rings (SSSR count). The smallest absolute Gasteiger partial charge is 0.259 e. The minimum atomic E-state index is -0.00316.